The Kier molecular flexibility index (Phi) is 4.11. The van der Waals surface area contributed by atoms with Crippen molar-refractivity contribution >= 4 is 11.0 Å². The predicted octanol–water partition coefficient (Wildman–Crippen LogP) is 3.78. The van der Waals surface area contributed by atoms with Crippen LogP contribution < -0.4 is 0 Å². The lowest BCUT2D eigenvalue weighted by molar-refractivity contribution is 0.895. The van der Waals surface area contributed by atoms with Gasteiger partial charge in [0.25, 0.3) is 0 Å². The van der Waals surface area contributed by atoms with Crippen LogP contribution in [0, 0.1) is 13.8 Å². The van der Waals surface area contributed by atoms with Crippen molar-refractivity contribution in [2.24, 2.45) is 7.05 Å². The van der Waals surface area contributed by atoms with Gasteiger partial charge in [0.15, 0.2) is 0 Å². The lowest BCUT2D eigenvalue weighted by atomic mass is 10.1. The number of hydrogen-bond acceptors (Lipinski definition) is 1. The average Bonchev–Trinajstić information content (AvgIpc) is 2.57. The SMILES string of the molecule is CC.CCc1ccnc2c1c(C)c(C)n2C. The second-order valence-electron chi connectivity index (χ2n) is 3.79. The van der Waals surface area contributed by atoms with E-state index in [0.29, 0.717) is 0 Å². The molecule has 2 heteroatoms. The van der Waals surface area contributed by atoms with Crippen molar-refractivity contribution in [3.8, 4) is 0 Å². The third-order valence-corrected chi connectivity index (χ3v) is 3.14. The van der Waals surface area contributed by atoms with E-state index >= 15 is 0 Å². The van der Waals surface area contributed by atoms with Gasteiger partial charge in [-0.15, -0.1) is 0 Å². The quantitative estimate of drug-likeness (QED) is 0.712. The number of aromatic nitrogens is 2. The van der Waals surface area contributed by atoms with E-state index < -0.39 is 0 Å². The first-order chi connectivity index (χ1) is 7.66. The fraction of sp³-hybridized carbons (Fsp3) is 0.500. The van der Waals surface area contributed by atoms with Gasteiger partial charge in [-0.3, -0.25) is 0 Å². The summed E-state index contributed by atoms with van der Waals surface area (Å²) in [6.45, 7) is 10.5. The van der Waals surface area contributed by atoms with Gasteiger partial charge in [-0.05, 0) is 37.5 Å². The van der Waals surface area contributed by atoms with E-state index in [1.807, 2.05) is 20.0 Å². The maximum atomic E-state index is 4.43. The Morgan fingerprint density at radius 2 is 1.88 bits per heavy atom. The van der Waals surface area contributed by atoms with E-state index in [4.69, 9.17) is 0 Å². The van der Waals surface area contributed by atoms with E-state index in [2.05, 4.69) is 43.4 Å². The average molecular weight is 218 g/mol. The third-order valence-electron chi connectivity index (χ3n) is 3.14. The first-order valence-corrected chi connectivity index (χ1v) is 6.06. The molecule has 0 aromatic carbocycles. The fourth-order valence-corrected chi connectivity index (χ4v) is 2.04. The first kappa shape index (κ1) is 12.8. The molecule has 0 spiro atoms. The second-order valence-corrected chi connectivity index (χ2v) is 3.79. The number of aryl methyl sites for hydroxylation is 3. The molecule has 0 saturated heterocycles. The molecule has 0 fully saturated rings. The molecule has 0 aliphatic heterocycles. The van der Waals surface area contributed by atoms with E-state index in [1.165, 1.54) is 22.2 Å². The van der Waals surface area contributed by atoms with Gasteiger partial charge < -0.3 is 4.57 Å². The highest BCUT2D eigenvalue weighted by atomic mass is 15.0. The predicted molar refractivity (Wildman–Crippen MR) is 70.9 cm³/mol. The minimum Gasteiger partial charge on any atom is -0.333 e. The third kappa shape index (κ3) is 1.84. The summed E-state index contributed by atoms with van der Waals surface area (Å²) in [4.78, 5) is 4.43. The van der Waals surface area contributed by atoms with E-state index in [9.17, 15) is 0 Å². The zero-order chi connectivity index (χ0) is 12.3. The molecular formula is C14H22N2. The molecule has 2 heterocycles. The minimum absolute atomic E-state index is 1.07. The molecule has 0 unspecified atom stereocenters. The van der Waals surface area contributed by atoms with Gasteiger partial charge in [-0.25, -0.2) is 4.98 Å². The lowest BCUT2D eigenvalue weighted by Crippen LogP contribution is -1.92. The lowest BCUT2D eigenvalue weighted by Gasteiger charge is -2.00. The molecule has 0 amide bonds. The standard InChI is InChI=1S/C12H16N2.C2H6/c1-5-10-6-7-13-12-11(10)8(2)9(3)14(12)4;1-2/h6-7H,5H2,1-4H3;1-2H3. The number of nitrogens with zero attached hydrogens (tertiary/aromatic N) is 2. The van der Waals surface area contributed by atoms with Crippen molar-refractivity contribution in [1.29, 1.82) is 0 Å². The summed E-state index contributed by atoms with van der Waals surface area (Å²) in [6, 6.07) is 2.12. The Hall–Kier alpha value is -1.31. The van der Waals surface area contributed by atoms with E-state index in [0.717, 1.165) is 12.1 Å². The highest BCUT2D eigenvalue weighted by Gasteiger charge is 2.11. The number of rotatable bonds is 1. The molecular weight excluding hydrogens is 196 g/mol. The molecule has 0 aliphatic rings. The maximum Gasteiger partial charge on any atom is 0.140 e. The molecule has 2 nitrogen and oxygen atoms in total. The Bertz CT molecular complexity index is 481. The summed E-state index contributed by atoms with van der Waals surface area (Å²) in [5.74, 6) is 0. The number of pyridine rings is 1. The minimum atomic E-state index is 1.07. The molecule has 0 atom stereocenters. The first-order valence-electron chi connectivity index (χ1n) is 6.06. The summed E-state index contributed by atoms with van der Waals surface area (Å²) in [5, 5.41) is 1.34. The highest BCUT2D eigenvalue weighted by molar-refractivity contribution is 5.85. The highest BCUT2D eigenvalue weighted by Crippen LogP contribution is 2.25. The van der Waals surface area contributed by atoms with Crippen LogP contribution in [0.3, 0.4) is 0 Å². The van der Waals surface area contributed by atoms with Crippen molar-refractivity contribution in [2.75, 3.05) is 0 Å². The Balaban J connectivity index is 0.000000606. The Morgan fingerprint density at radius 3 is 2.44 bits per heavy atom. The van der Waals surface area contributed by atoms with Crippen LogP contribution in [-0.4, -0.2) is 9.55 Å². The zero-order valence-corrected chi connectivity index (χ0v) is 11.3. The normalized spacial score (nSPS) is 10.1. The van der Waals surface area contributed by atoms with Crippen LogP contribution in [0.15, 0.2) is 12.3 Å². The van der Waals surface area contributed by atoms with Crippen molar-refractivity contribution < 1.29 is 0 Å². The van der Waals surface area contributed by atoms with Gasteiger partial charge in [0.2, 0.25) is 0 Å². The van der Waals surface area contributed by atoms with Gasteiger partial charge >= 0.3 is 0 Å². The van der Waals surface area contributed by atoms with Crippen molar-refractivity contribution in [1.82, 2.24) is 9.55 Å². The van der Waals surface area contributed by atoms with E-state index in [-0.39, 0.29) is 0 Å². The molecule has 2 aromatic rings. The Labute approximate surface area is 98.3 Å². The fourth-order valence-electron chi connectivity index (χ4n) is 2.04. The molecule has 2 aromatic heterocycles. The van der Waals surface area contributed by atoms with Gasteiger partial charge in [-0.1, -0.05) is 20.8 Å². The van der Waals surface area contributed by atoms with Crippen LogP contribution in [0.4, 0.5) is 0 Å². The molecule has 0 N–H and O–H groups in total. The van der Waals surface area contributed by atoms with Crippen molar-refractivity contribution in [2.45, 2.75) is 41.0 Å². The summed E-state index contributed by atoms with van der Waals surface area (Å²) < 4.78 is 2.17. The molecule has 0 radical (unpaired) electrons. The smallest absolute Gasteiger partial charge is 0.140 e. The molecule has 2 rings (SSSR count). The van der Waals surface area contributed by atoms with Crippen LogP contribution in [0.1, 0.15) is 37.6 Å². The van der Waals surface area contributed by atoms with Crippen LogP contribution in [0.5, 0.6) is 0 Å². The van der Waals surface area contributed by atoms with Gasteiger partial charge in [0.05, 0.1) is 0 Å². The van der Waals surface area contributed by atoms with Gasteiger partial charge in [0, 0.05) is 24.3 Å². The van der Waals surface area contributed by atoms with Crippen LogP contribution in [-0.2, 0) is 13.5 Å². The monoisotopic (exact) mass is 218 g/mol. The van der Waals surface area contributed by atoms with Gasteiger partial charge in [-0.2, -0.15) is 0 Å². The summed E-state index contributed by atoms with van der Waals surface area (Å²) in [5.41, 5.74) is 5.19. The summed E-state index contributed by atoms with van der Waals surface area (Å²) in [7, 11) is 2.08. The molecule has 0 bridgehead atoms. The van der Waals surface area contributed by atoms with Crippen LogP contribution in [0.25, 0.3) is 11.0 Å². The summed E-state index contributed by atoms with van der Waals surface area (Å²) >= 11 is 0. The molecule has 16 heavy (non-hydrogen) atoms. The second kappa shape index (κ2) is 5.15. The van der Waals surface area contributed by atoms with Crippen molar-refractivity contribution in [3.05, 3.63) is 29.1 Å². The molecule has 88 valence electrons. The molecule has 0 aliphatic carbocycles. The summed E-state index contributed by atoms with van der Waals surface area (Å²) in [6.07, 6.45) is 2.98. The van der Waals surface area contributed by atoms with Crippen LogP contribution >= 0.6 is 0 Å². The topological polar surface area (TPSA) is 17.8 Å². The Morgan fingerprint density at radius 1 is 1.25 bits per heavy atom. The maximum absolute atomic E-state index is 4.43. The van der Waals surface area contributed by atoms with Crippen LogP contribution in [0.2, 0.25) is 0 Å². The van der Waals surface area contributed by atoms with E-state index in [1.54, 1.807) is 0 Å². The number of fused-ring (bicyclic) bond motifs is 1. The van der Waals surface area contributed by atoms with Crippen molar-refractivity contribution in [3.63, 3.8) is 0 Å². The number of hydrogen-bond donors (Lipinski definition) is 0. The zero-order valence-electron chi connectivity index (χ0n) is 11.3. The molecule has 0 saturated carbocycles. The van der Waals surface area contributed by atoms with Gasteiger partial charge in [0.1, 0.15) is 5.65 Å². The largest absolute Gasteiger partial charge is 0.333 e.